The van der Waals surface area contributed by atoms with Crippen LogP contribution >= 0.6 is 0 Å². The molecule has 0 spiro atoms. The first-order valence-corrected chi connectivity index (χ1v) is 10.1. The molecule has 0 unspecified atom stereocenters. The smallest absolute Gasteiger partial charge is 0.178 e. The quantitative estimate of drug-likeness (QED) is 0.319. The minimum atomic E-state index is -0.0495. The molecule has 3 heteroatoms. The van der Waals surface area contributed by atoms with E-state index in [0.717, 1.165) is 61.5 Å². The van der Waals surface area contributed by atoms with E-state index in [0.29, 0.717) is 0 Å². The van der Waals surface area contributed by atoms with E-state index in [2.05, 4.69) is 13.8 Å². The van der Waals surface area contributed by atoms with E-state index in [9.17, 15) is 4.79 Å². The van der Waals surface area contributed by atoms with Crippen LogP contribution in [0.4, 0.5) is 0 Å². The lowest BCUT2D eigenvalue weighted by atomic mass is 10.1. The predicted molar refractivity (Wildman–Crippen MR) is 117 cm³/mol. The summed E-state index contributed by atoms with van der Waals surface area (Å²) < 4.78 is 11.3. The number of hydrogen-bond donors (Lipinski definition) is 0. The Kier molecular flexibility index (Phi) is 9.64. The maximum atomic E-state index is 12.0. The van der Waals surface area contributed by atoms with Crippen molar-refractivity contribution in [3.63, 3.8) is 0 Å². The molecule has 0 aliphatic rings. The minimum Gasteiger partial charge on any atom is -0.494 e. The van der Waals surface area contributed by atoms with Gasteiger partial charge in [-0.05, 0) is 60.4 Å². The summed E-state index contributed by atoms with van der Waals surface area (Å²) in [7, 11) is 0. The van der Waals surface area contributed by atoms with Gasteiger partial charge in [0.2, 0.25) is 0 Å². The monoisotopic (exact) mass is 378 g/mol. The fourth-order valence-electron chi connectivity index (χ4n) is 2.43. The molecule has 0 aromatic heterocycles. The number of rotatable bonds is 12. The first-order chi connectivity index (χ1) is 13.7. The van der Waals surface area contributed by atoms with E-state index in [1.54, 1.807) is 12.2 Å². The van der Waals surface area contributed by atoms with Gasteiger partial charge in [0, 0.05) is 0 Å². The van der Waals surface area contributed by atoms with Gasteiger partial charge in [-0.1, -0.05) is 63.1 Å². The first-order valence-electron chi connectivity index (χ1n) is 10.1. The number of unbranched alkanes of at least 4 members (excludes halogenated alkanes) is 2. The lowest BCUT2D eigenvalue weighted by Gasteiger charge is -2.05. The third-order valence-electron chi connectivity index (χ3n) is 4.17. The highest BCUT2D eigenvalue weighted by molar-refractivity contribution is 6.04. The van der Waals surface area contributed by atoms with Gasteiger partial charge in [-0.3, -0.25) is 4.79 Å². The molecule has 0 aliphatic heterocycles. The zero-order valence-electron chi connectivity index (χ0n) is 16.9. The Labute approximate surface area is 168 Å². The lowest BCUT2D eigenvalue weighted by Crippen LogP contribution is -1.96. The van der Waals surface area contributed by atoms with Crippen LogP contribution in [-0.2, 0) is 4.79 Å². The maximum absolute atomic E-state index is 12.0. The van der Waals surface area contributed by atoms with Crippen LogP contribution in [0.1, 0.15) is 50.7 Å². The Hall–Kier alpha value is -2.81. The van der Waals surface area contributed by atoms with E-state index >= 15 is 0 Å². The largest absolute Gasteiger partial charge is 0.494 e. The predicted octanol–water partition coefficient (Wildman–Crippen LogP) is 6.34. The zero-order valence-corrected chi connectivity index (χ0v) is 16.9. The maximum Gasteiger partial charge on any atom is 0.178 e. The van der Waals surface area contributed by atoms with Gasteiger partial charge in [0.15, 0.2) is 5.78 Å². The summed E-state index contributed by atoms with van der Waals surface area (Å²) in [6.45, 7) is 5.75. The molecule has 2 aromatic carbocycles. The van der Waals surface area contributed by atoms with Crippen molar-refractivity contribution in [1.29, 1.82) is 0 Å². The normalized spacial score (nSPS) is 11.2. The average molecular weight is 379 g/mol. The molecular weight excluding hydrogens is 348 g/mol. The molecule has 0 aliphatic carbocycles. The van der Waals surface area contributed by atoms with E-state index in [1.165, 1.54) is 0 Å². The van der Waals surface area contributed by atoms with Gasteiger partial charge in [0.05, 0.1) is 13.2 Å². The topological polar surface area (TPSA) is 35.5 Å². The van der Waals surface area contributed by atoms with Gasteiger partial charge < -0.3 is 9.47 Å². The lowest BCUT2D eigenvalue weighted by molar-refractivity contribution is -0.110. The number of hydrogen-bond acceptors (Lipinski definition) is 3. The number of allylic oxidation sites excluding steroid dienone is 2. The van der Waals surface area contributed by atoms with Crippen LogP contribution in [0.2, 0.25) is 0 Å². The van der Waals surface area contributed by atoms with Crippen LogP contribution in [0.15, 0.2) is 60.7 Å². The molecule has 28 heavy (non-hydrogen) atoms. The Morgan fingerprint density at radius 2 is 1.11 bits per heavy atom. The number of ether oxygens (including phenoxy) is 2. The summed E-state index contributed by atoms with van der Waals surface area (Å²) in [5, 5.41) is 0. The molecule has 0 bridgehead atoms. The molecule has 2 rings (SSSR count). The average Bonchev–Trinajstić information content (AvgIpc) is 2.73. The molecule has 0 atom stereocenters. The number of carbonyl (C=O) groups excluding carboxylic acids is 1. The molecule has 0 heterocycles. The molecule has 148 valence electrons. The molecule has 2 aromatic rings. The Morgan fingerprint density at radius 3 is 1.46 bits per heavy atom. The Morgan fingerprint density at radius 1 is 0.714 bits per heavy atom. The minimum absolute atomic E-state index is 0.0495. The van der Waals surface area contributed by atoms with Crippen molar-refractivity contribution in [2.24, 2.45) is 0 Å². The molecule has 0 N–H and O–H groups in total. The molecule has 0 radical (unpaired) electrons. The zero-order chi connectivity index (χ0) is 20.0. The summed E-state index contributed by atoms with van der Waals surface area (Å²) in [5.74, 6) is 1.67. The molecule has 0 saturated heterocycles. The van der Waals surface area contributed by atoms with Gasteiger partial charge in [0.1, 0.15) is 11.5 Å². The second kappa shape index (κ2) is 12.6. The van der Waals surface area contributed by atoms with Crippen LogP contribution in [-0.4, -0.2) is 19.0 Å². The van der Waals surface area contributed by atoms with E-state index in [1.807, 2.05) is 60.7 Å². The highest BCUT2D eigenvalue weighted by Crippen LogP contribution is 2.15. The highest BCUT2D eigenvalue weighted by atomic mass is 16.5. The van der Waals surface area contributed by atoms with Crippen molar-refractivity contribution in [2.45, 2.75) is 39.5 Å². The third-order valence-corrected chi connectivity index (χ3v) is 4.17. The molecular formula is C25H30O3. The fourth-order valence-corrected chi connectivity index (χ4v) is 2.43. The van der Waals surface area contributed by atoms with Gasteiger partial charge in [-0.25, -0.2) is 0 Å². The van der Waals surface area contributed by atoms with Crippen molar-refractivity contribution < 1.29 is 14.3 Å². The Balaban J connectivity index is 1.82. The molecule has 0 amide bonds. The second-order valence-electron chi connectivity index (χ2n) is 6.61. The van der Waals surface area contributed by atoms with Gasteiger partial charge in [-0.15, -0.1) is 0 Å². The summed E-state index contributed by atoms with van der Waals surface area (Å²) >= 11 is 0. The van der Waals surface area contributed by atoms with Gasteiger partial charge >= 0.3 is 0 Å². The summed E-state index contributed by atoms with van der Waals surface area (Å²) in [6.07, 6.45) is 11.1. The van der Waals surface area contributed by atoms with Crippen molar-refractivity contribution in [3.05, 3.63) is 71.8 Å². The van der Waals surface area contributed by atoms with Crippen LogP contribution in [0.3, 0.4) is 0 Å². The number of carbonyl (C=O) groups is 1. The van der Waals surface area contributed by atoms with E-state index in [4.69, 9.17) is 9.47 Å². The van der Waals surface area contributed by atoms with Crippen LogP contribution in [0.5, 0.6) is 11.5 Å². The standard InChI is InChI=1S/C25H30O3/c1-3-5-19-27-24-15-9-21(10-16-24)7-13-23(26)14-8-22-11-17-25(18-12-22)28-20-6-4-2/h7-18H,3-6,19-20H2,1-2H3/b13-7+,14-8+. The van der Waals surface area contributed by atoms with Crippen molar-refractivity contribution in [3.8, 4) is 11.5 Å². The number of benzene rings is 2. The van der Waals surface area contributed by atoms with Crippen LogP contribution in [0, 0.1) is 0 Å². The van der Waals surface area contributed by atoms with E-state index < -0.39 is 0 Å². The molecule has 0 saturated carbocycles. The van der Waals surface area contributed by atoms with Crippen LogP contribution in [0.25, 0.3) is 12.2 Å². The van der Waals surface area contributed by atoms with Crippen molar-refractivity contribution in [2.75, 3.05) is 13.2 Å². The van der Waals surface area contributed by atoms with Gasteiger partial charge in [-0.2, -0.15) is 0 Å². The Bertz CT molecular complexity index is 690. The first kappa shape index (κ1) is 21.5. The summed E-state index contributed by atoms with van der Waals surface area (Å²) in [4.78, 5) is 12.0. The molecule has 0 fully saturated rings. The van der Waals surface area contributed by atoms with Gasteiger partial charge in [0.25, 0.3) is 0 Å². The summed E-state index contributed by atoms with van der Waals surface area (Å²) in [5.41, 5.74) is 1.94. The number of ketones is 1. The third kappa shape index (κ3) is 8.26. The highest BCUT2D eigenvalue weighted by Gasteiger charge is 1.96. The molecule has 3 nitrogen and oxygen atoms in total. The SMILES string of the molecule is CCCCOc1ccc(/C=C/C(=O)/C=C/c2ccc(OCCCC)cc2)cc1. The summed E-state index contributed by atoms with van der Waals surface area (Å²) in [6, 6.07) is 15.5. The van der Waals surface area contributed by atoms with Crippen molar-refractivity contribution >= 4 is 17.9 Å². The fraction of sp³-hybridized carbons (Fsp3) is 0.320. The van der Waals surface area contributed by atoms with Crippen LogP contribution < -0.4 is 9.47 Å². The second-order valence-corrected chi connectivity index (χ2v) is 6.61. The van der Waals surface area contributed by atoms with Crippen molar-refractivity contribution in [1.82, 2.24) is 0 Å². The van der Waals surface area contributed by atoms with E-state index in [-0.39, 0.29) is 5.78 Å².